The molecule has 2 rings (SSSR count). The zero-order valence-corrected chi connectivity index (χ0v) is 16.0. The summed E-state index contributed by atoms with van der Waals surface area (Å²) in [6.07, 6.45) is -1.06. The lowest BCUT2D eigenvalue weighted by Gasteiger charge is -2.32. The number of hydrogen-bond donors (Lipinski definition) is 2. The van der Waals surface area contributed by atoms with E-state index in [2.05, 4.69) is 0 Å². The van der Waals surface area contributed by atoms with Crippen molar-refractivity contribution in [3.8, 4) is 5.75 Å². The van der Waals surface area contributed by atoms with Gasteiger partial charge in [-0.15, -0.1) is 0 Å². The third-order valence-electron chi connectivity index (χ3n) is 4.28. The van der Waals surface area contributed by atoms with Crippen molar-refractivity contribution in [1.82, 2.24) is 0 Å². The quantitative estimate of drug-likeness (QED) is 0.453. The molecule has 7 nitrogen and oxygen atoms in total. The Bertz CT molecular complexity index is 918. The van der Waals surface area contributed by atoms with Gasteiger partial charge in [-0.05, 0) is 39.8 Å². The summed E-state index contributed by atoms with van der Waals surface area (Å²) in [5, 5.41) is 21.5. The average Bonchev–Trinajstić information content (AvgIpc) is 2.62. The van der Waals surface area contributed by atoms with Crippen LogP contribution in [0.15, 0.2) is 45.1 Å². The molecule has 0 bridgehead atoms. The first kappa shape index (κ1) is 20.7. The van der Waals surface area contributed by atoms with Crippen molar-refractivity contribution in [1.29, 1.82) is 0 Å². The third-order valence-corrected chi connectivity index (χ3v) is 4.28. The number of aliphatic hydroxyl groups excluding tert-OH is 1. The minimum absolute atomic E-state index is 0.246. The summed E-state index contributed by atoms with van der Waals surface area (Å²) in [5.41, 5.74) is -1.09. The molecule has 0 aliphatic heterocycles. The van der Waals surface area contributed by atoms with E-state index in [1.54, 1.807) is 32.1 Å². The second-order valence-electron chi connectivity index (χ2n) is 6.78. The van der Waals surface area contributed by atoms with Crippen LogP contribution in [0.4, 0.5) is 0 Å². The van der Waals surface area contributed by atoms with E-state index in [1.165, 1.54) is 33.1 Å². The van der Waals surface area contributed by atoms with Crippen LogP contribution < -0.4 is 10.4 Å². The van der Waals surface area contributed by atoms with Crippen LogP contribution in [0.2, 0.25) is 0 Å². The highest BCUT2D eigenvalue weighted by molar-refractivity contribution is 5.88. The van der Waals surface area contributed by atoms with Crippen LogP contribution >= 0.6 is 0 Å². The highest BCUT2D eigenvalue weighted by Crippen LogP contribution is 2.37. The number of aliphatic hydroxyl groups is 2. The monoisotopic (exact) mass is 376 g/mol. The van der Waals surface area contributed by atoms with Gasteiger partial charge in [-0.25, -0.2) is 9.59 Å². The third kappa shape index (κ3) is 4.56. The number of hydrogen-bond acceptors (Lipinski definition) is 7. The van der Waals surface area contributed by atoms with Crippen molar-refractivity contribution in [3.05, 3.63) is 51.9 Å². The number of methoxy groups -OCH3 is 1. The Hall–Kier alpha value is -2.64. The molecule has 27 heavy (non-hydrogen) atoms. The largest absolute Gasteiger partial charge is 0.496 e. The van der Waals surface area contributed by atoms with E-state index >= 15 is 0 Å². The molecule has 0 saturated heterocycles. The lowest BCUT2D eigenvalue weighted by molar-refractivity contribution is -0.163. The summed E-state index contributed by atoms with van der Waals surface area (Å²) in [7, 11) is 1.40. The van der Waals surface area contributed by atoms with Crippen molar-refractivity contribution in [2.24, 2.45) is 0 Å². The van der Waals surface area contributed by atoms with Gasteiger partial charge < -0.3 is 24.1 Å². The topological polar surface area (TPSA) is 106 Å². The molecule has 0 unspecified atom stereocenters. The van der Waals surface area contributed by atoms with E-state index in [1.807, 2.05) is 0 Å². The zero-order valence-electron chi connectivity index (χ0n) is 16.0. The number of benzene rings is 1. The van der Waals surface area contributed by atoms with Crippen LogP contribution in [-0.2, 0) is 9.53 Å². The molecule has 2 atom stereocenters. The summed E-state index contributed by atoms with van der Waals surface area (Å²) in [4.78, 5) is 23.8. The molecule has 1 aromatic carbocycles. The number of ether oxygens (including phenoxy) is 2. The lowest BCUT2D eigenvalue weighted by atomic mass is 9.91. The lowest BCUT2D eigenvalue weighted by Crippen LogP contribution is -2.42. The van der Waals surface area contributed by atoms with Crippen molar-refractivity contribution in [2.45, 2.75) is 45.5 Å². The second-order valence-corrected chi connectivity index (χ2v) is 6.78. The van der Waals surface area contributed by atoms with Gasteiger partial charge in [0.05, 0.1) is 12.7 Å². The van der Waals surface area contributed by atoms with Gasteiger partial charge in [-0.3, -0.25) is 0 Å². The molecule has 7 heteroatoms. The van der Waals surface area contributed by atoms with Crippen LogP contribution in [0.1, 0.15) is 39.4 Å². The van der Waals surface area contributed by atoms with Crippen LogP contribution in [0.25, 0.3) is 11.0 Å². The summed E-state index contributed by atoms with van der Waals surface area (Å²) in [5.74, 6) is -0.386. The maximum atomic E-state index is 12.3. The van der Waals surface area contributed by atoms with Crippen LogP contribution in [0.3, 0.4) is 0 Å². The first-order chi connectivity index (χ1) is 12.6. The SMILES string of the molecule is CC=C(C)C(=O)O[C@@H](c1cc2ccc(=O)oc2cc1OC)[C@@H](O)C(C)(C)O. The summed E-state index contributed by atoms with van der Waals surface area (Å²) < 4.78 is 16.0. The Labute approximate surface area is 156 Å². The summed E-state index contributed by atoms with van der Waals surface area (Å²) in [6.45, 7) is 6.10. The molecule has 0 radical (unpaired) electrons. The van der Waals surface area contributed by atoms with E-state index < -0.39 is 29.4 Å². The van der Waals surface area contributed by atoms with Crippen LogP contribution in [-0.4, -0.2) is 35.0 Å². The van der Waals surface area contributed by atoms with Gasteiger partial charge in [0.1, 0.15) is 17.4 Å². The van der Waals surface area contributed by atoms with Gasteiger partial charge in [0.25, 0.3) is 0 Å². The number of allylic oxidation sites excluding steroid dienone is 1. The molecule has 146 valence electrons. The molecular weight excluding hydrogens is 352 g/mol. The average molecular weight is 376 g/mol. The van der Waals surface area contributed by atoms with Crippen LogP contribution in [0, 0.1) is 0 Å². The Kier molecular flexibility index (Phi) is 6.08. The molecule has 1 aromatic heterocycles. The number of fused-ring (bicyclic) bond motifs is 1. The Morgan fingerprint density at radius 2 is 1.96 bits per heavy atom. The summed E-state index contributed by atoms with van der Waals surface area (Å²) >= 11 is 0. The van der Waals surface area contributed by atoms with Gasteiger partial charge >= 0.3 is 11.6 Å². The van der Waals surface area contributed by atoms with Crippen molar-refractivity contribution >= 4 is 16.9 Å². The Morgan fingerprint density at radius 1 is 1.30 bits per heavy atom. The van der Waals surface area contributed by atoms with Crippen molar-refractivity contribution in [2.75, 3.05) is 7.11 Å². The highest BCUT2D eigenvalue weighted by atomic mass is 16.6. The predicted molar refractivity (Wildman–Crippen MR) is 99.6 cm³/mol. The number of carbonyl (C=O) groups excluding carboxylic acids is 1. The summed E-state index contributed by atoms with van der Waals surface area (Å²) in [6, 6.07) is 5.88. The smallest absolute Gasteiger partial charge is 0.336 e. The van der Waals surface area contributed by atoms with Gasteiger partial charge in [0.15, 0.2) is 6.10 Å². The first-order valence-electron chi connectivity index (χ1n) is 8.44. The first-order valence-corrected chi connectivity index (χ1v) is 8.44. The fraction of sp³-hybridized carbons (Fsp3) is 0.400. The second kappa shape index (κ2) is 7.94. The molecule has 0 saturated carbocycles. The standard InChI is InChI=1S/C20H24O7/c1-6-11(2)19(23)27-17(18(22)20(3,4)24)13-9-12-7-8-16(21)26-14(12)10-15(13)25-5/h6-10,17-18,22,24H,1-5H3/t17-,18+/m0/s1. The van der Waals surface area contributed by atoms with Crippen molar-refractivity contribution in [3.63, 3.8) is 0 Å². The molecule has 2 aromatic rings. The number of esters is 1. The molecular formula is C20H24O7. The van der Waals surface area contributed by atoms with Gasteiger partial charge in [0, 0.05) is 28.7 Å². The molecule has 0 spiro atoms. The number of rotatable bonds is 6. The van der Waals surface area contributed by atoms with Gasteiger partial charge in [-0.1, -0.05) is 6.08 Å². The van der Waals surface area contributed by atoms with E-state index in [0.717, 1.165) is 0 Å². The van der Waals surface area contributed by atoms with Crippen molar-refractivity contribution < 1.29 is 28.9 Å². The minimum Gasteiger partial charge on any atom is -0.496 e. The molecule has 0 fully saturated rings. The molecule has 1 heterocycles. The maximum Gasteiger partial charge on any atom is 0.336 e. The molecule has 2 N–H and O–H groups in total. The van der Waals surface area contributed by atoms with E-state index in [4.69, 9.17) is 13.9 Å². The normalized spacial score (nSPS) is 14.7. The van der Waals surface area contributed by atoms with Crippen LogP contribution in [0.5, 0.6) is 5.75 Å². The molecule has 0 amide bonds. The zero-order chi connectivity index (χ0) is 20.4. The fourth-order valence-electron chi connectivity index (χ4n) is 2.51. The van der Waals surface area contributed by atoms with E-state index in [0.29, 0.717) is 16.5 Å². The maximum absolute atomic E-state index is 12.3. The Balaban J connectivity index is 2.64. The molecule has 0 aliphatic rings. The Morgan fingerprint density at radius 3 is 2.52 bits per heavy atom. The van der Waals surface area contributed by atoms with E-state index in [9.17, 15) is 19.8 Å². The minimum atomic E-state index is -1.56. The van der Waals surface area contributed by atoms with Gasteiger partial charge in [0.2, 0.25) is 0 Å². The van der Waals surface area contributed by atoms with E-state index in [-0.39, 0.29) is 11.3 Å². The van der Waals surface area contributed by atoms with Gasteiger partial charge in [-0.2, -0.15) is 0 Å². The fourth-order valence-corrected chi connectivity index (χ4v) is 2.51. The molecule has 0 aliphatic carbocycles. The predicted octanol–water partition coefficient (Wildman–Crippen LogP) is 2.48. The highest BCUT2D eigenvalue weighted by Gasteiger charge is 2.38. The number of carbonyl (C=O) groups is 1.